The molecular formula is C28H37N3O2. The van der Waals surface area contributed by atoms with Crippen LogP contribution in [-0.2, 0) is 22.6 Å². The topological polar surface area (TPSA) is 52.7 Å². The standard InChI is InChI=1S/C28H37N3O2/c1-22-7-6-8-24(19-22)21-31(28(33)25-9-2-3-10-25)26-13-11-23(12-14-26)20-27(32)29-15-18-30-16-4-5-17-30/h6-8,11-14,19,25H,2-5,9-10,15-18,20-21H2,1H3,(H,29,32). The number of carbonyl (C=O) groups excluding carboxylic acids is 2. The van der Waals surface area contributed by atoms with Crippen LogP contribution >= 0.6 is 0 Å². The van der Waals surface area contributed by atoms with Crippen LogP contribution in [0, 0.1) is 12.8 Å². The summed E-state index contributed by atoms with van der Waals surface area (Å²) in [7, 11) is 0. The lowest BCUT2D eigenvalue weighted by atomic mass is 10.0. The summed E-state index contributed by atoms with van der Waals surface area (Å²) in [5, 5.41) is 3.04. The monoisotopic (exact) mass is 447 g/mol. The van der Waals surface area contributed by atoms with Gasteiger partial charge in [-0.2, -0.15) is 0 Å². The predicted octanol–water partition coefficient (Wildman–Crippen LogP) is 4.47. The van der Waals surface area contributed by atoms with E-state index in [-0.39, 0.29) is 17.7 Å². The summed E-state index contributed by atoms with van der Waals surface area (Å²) in [5.74, 6) is 0.401. The molecule has 0 radical (unpaired) electrons. The number of hydrogen-bond acceptors (Lipinski definition) is 3. The van der Waals surface area contributed by atoms with Gasteiger partial charge in [-0.1, -0.05) is 54.8 Å². The third-order valence-electron chi connectivity index (χ3n) is 6.96. The van der Waals surface area contributed by atoms with Crippen LogP contribution in [0.1, 0.15) is 55.2 Å². The minimum absolute atomic E-state index is 0.0561. The lowest BCUT2D eigenvalue weighted by molar-refractivity contribution is -0.122. The van der Waals surface area contributed by atoms with Crippen LogP contribution in [0.2, 0.25) is 0 Å². The van der Waals surface area contributed by atoms with Gasteiger partial charge in [0.05, 0.1) is 13.0 Å². The average Bonchev–Trinajstić information content (AvgIpc) is 3.52. The molecule has 0 aromatic heterocycles. The van der Waals surface area contributed by atoms with Crippen molar-refractivity contribution in [2.45, 2.75) is 58.4 Å². The molecule has 0 atom stereocenters. The molecule has 0 bridgehead atoms. The average molecular weight is 448 g/mol. The molecule has 176 valence electrons. The van der Waals surface area contributed by atoms with E-state index in [0.29, 0.717) is 19.5 Å². The van der Waals surface area contributed by atoms with Crippen LogP contribution in [0.5, 0.6) is 0 Å². The van der Waals surface area contributed by atoms with E-state index in [2.05, 4.69) is 35.3 Å². The van der Waals surface area contributed by atoms with Gasteiger partial charge in [-0.05, 0) is 69.0 Å². The maximum Gasteiger partial charge on any atom is 0.230 e. The highest BCUT2D eigenvalue weighted by atomic mass is 16.2. The molecule has 33 heavy (non-hydrogen) atoms. The second kappa shape index (κ2) is 11.5. The van der Waals surface area contributed by atoms with Gasteiger partial charge in [-0.15, -0.1) is 0 Å². The summed E-state index contributed by atoms with van der Waals surface area (Å²) in [6.07, 6.45) is 7.16. The molecule has 2 amide bonds. The molecule has 0 unspecified atom stereocenters. The van der Waals surface area contributed by atoms with Crippen molar-refractivity contribution in [1.82, 2.24) is 10.2 Å². The normalized spacial score (nSPS) is 16.8. The fourth-order valence-corrected chi connectivity index (χ4v) is 5.08. The summed E-state index contributed by atoms with van der Waals surface area (Å²) in [6, 6.07) is 16.3. The van der Waals surface area contributed by atoms with Crippen molar-refractivity contribution in [3.63, 3.8) is 0 Å². The van der Waals surface area contributed by atoms with Crippen molar-refractivity contribution < 1.29 is 9.59 Å². The Morgan fingerprint density at radius 2 is 1.70 bits per heavy atom. The SMILES string of the molecule is Cc1cccc(CN(C(=O)C2CCCC2)c2ccc(CC(=O)NCCN3CCCC3)cc2)c1. The third-order valence-corrected chi connectivity index (χ3v) is 6.96. The number of rotatable bonds is 9. The van der Waals surface area contributed by atoms with E-state index in [1.54, 1.807) is 0 Å². The number of aryl methyl sites for hydroxylation is 1. The number of hydrogen-bond donors (Lipinski definition) is 1. The Kier molecular flexibility index (Phi) is 8.16. The zero-order valence-electron chi connectivity index (χ0n) is 19.9. The second-order valence-electron chi connectivity index (χ2n) is 9.64. The van der Waals surface area contributed by atoms with Crippen LogP contribution in [0.3, 0.4) is 0 Å². The van der Waals surface area contributed by atoms with E-state index in [1.807, 2.05) is 35.2 Å². The summed E-state index contributed by atoms with van der Waals surface area (Å²) in [4.78, 5) is 30.1. The van der Waals surface area contributed by atoms with Crippen LogP contribution in [-0.4, -0.2) is 42.9 Å². The fourth-order valence-electron chi connectivity index (χ4n) is 5.08. The largest absolute Gasteiger partial charge is 0.355 e. The first-order valence-corrected chi connectivity index (χ1v) is 12.5. The van der Waals surface area contributed by atoms with Gasteiger partial charge in [0.1, 0.15) is 0 Å². The van der Waals surface area contributed by atoms with Gasteiger partial charge in [0, 0.05) is 24.7 Å². The van der Waals surface area contributed by atoms with Crippen molar-refractivity contribution in [3.05, 3.63) is 65.2 Å². The van der Waals surface area contributed by atoms with Gasteiger partial charge >= 0.3 is 0 Å². The lowest BCUT2D eigenvalue weighted by Crippen LogP contribution is -2.35. The van der Waals surface area contributed by atoms with Crippen LogP contribution in [0.15, 0.2) is 48.5 Å². The second-order valence-corrected chi connectivity index (χ2v) is 9.64. The highest BCUT2D eigenvalue weighted by Crippen LogP contribution is 2.30. The van der Waals surface area contributed by atoms with Crippen molar-refractivity contribution in [2.24, 2.45) is 5.92 Å². The van der Waals surface area contributed by atoms with Crippen LogP contribution in [0.4, 0.5) is 5.69 Å². The van der Waals surface area contributed by atoms with Crippen LogP contribution < -0.4 is 10.2 Å². The molecule has 2 fully saturated rings. The zero-order chi connectivity index (χ0) is 23.0. The van der Waals surface area contributed by atoms with Gasteiger partial charge in [0.25, 0.3) is 0 Å². The number of amides is 2. The zero-order valence-corrected chi connectivity index (χ0v) is 19.9. The summed E-state index contributed by atoms with van der Waals surface area (Å²) in [6.45, 7) is 6.59. The molecule has 1 N–H and O–H groups in total. The molecule has 1 aliphatic heterocycles. The van der Waals surface area contributed by atoms with E-state index >= 15 is 0 Å². The quantitative estimate of drug-likeness (QED) is 0.617. The number of benzene rings is 2. The minimum atomic E-state index is 0.0561. The first kappa shape index (κ1) is 23.5. The number of nitrogens with one attached hydrogen (secondary N) is 1. The molecule has 1 aliphatic carbocycles. The Balaban J connectivity index is 1.39. The first-order valence-electron chi connectivity index (χ1n) is 12.5. The smallest absolute Gasteiger partial charge is 0.230 e. The number of carbonyl (C=O) groups is 2. The summed E-state index contributed by atoms with van der Waals surface area (Å²) < 4.78 is 0. The third kappa shape index (κ3) is 6.67. The maximum absolute atomic E-state index is 13.4. The van der Waals surface area contributed by atoms with Crippen molar-refractivity contribution in [2.75, 3.05) is 31.1 Å². The van der Waals surface area contributed by atoms with E-state index in [9.17, 15) is 9.59 Å². The van der Waals surface area contributed by atoms with Gasteiger partial charge in [-0.3, -0.25) is 9.59 Å². The van der Waals surface area contributed by atoms with Crippen LogP contribution in [0.25, 0.3) is 0 Å². The van der Waals surface area contributed by atoms with Gasteiger partial charge in [-0.25, -0.2) is 0 Å². The Morgan fingerprint density at radius 1 is 0.970 bits per heavy atom. The molecule has 2 aromatic carbocycles. The molecule has 5 heteroatoms. The Morgan fingerprint density at radius 3 is 2.39 bits per heavy atom. The van der Waals surface area contributed by atoms with Crippen molar-refractivity contribution in [3.8, 4) is 0 Å². The van der Waals surface area contributed by atoms with E-state index in [0.717, 1.165) is 62.1 Å². The Bertz CT molecular complexity index is 928. The van der Waals surface area contributed by atoms with Gasteiger partial charge in [0.15, 0.2) is 0 Å². The lowest BCUT2D eigenvalue weighted by Gasteiger charge is -2.26. The highest BCUT2D eigenvalue weighted by Gasteiger charge is 2.28. The maximum atomic E-state index is 13.4. The number of anilines is 1. The fraction of sp³-hybridized carbons (Fsp3) is 0.500. The molecule has 1 saturated carbocycles. The molecular weight excluding hydrogens is 410 g/mol. The highest BCUT2D eigenvalue weighted by molar-refractivity contribution is 5.95. The molecule has 4 rings (SSSR count). The molecule has 1 saturated heterocycles. The van der Waals surface area contributed by atoms with E-state index < -0.39 is 0 Å². The first-order chi connectivity index (χ1) is 16.1. The molecule has 0 spiro atoms. The molecule has 2 aliphatic rings. The molecule has 2 aromatic rings. The summed E-state index contributed by atoms with van der Waals surface area (Å²) in [5.41, 5.74) is 4.22. The van der Waals surface area contributed by atoms with E-state index in [4.69, 9.17) is 0 Å². The number of nitrogens with zero attached hydrogens (tertiary/aromatic N) is 2. The van der Waals surface area contributed by atoms with Crippen molar-refractivity contribution in [1.29, 1.82) is 0 Å². The minimum Gasteiger partial charge on any atom is -0.355 e. The summed E-state index contributed by atoms with van der Waals surface area (Å²) >= 11 is 0. The Hall–Kier alpha value is -2.66. The Labute approximate surface area is 198 Å². The molecule has 1 heterocycles. The van der Waals surface area contributed by atoms with E-state index in [1.165, 1.54) is 18.4 Å². The van der Waals surface area contributed by atoms with Gasteiger partial charge in [0.2, 0.25) is 11.8 Å². The number of likely N-dealkylation sites (tertiary alicyclic amines) is 1. The van der Waals surface area contributed by atoms with Crippen molar-refractivity contribution >= 4 is 17.5 Å². The molecule has 5 nitrogen and oxygen atoms in total. The van der Waals surface area contributed by atoms with Gasteiger partial charge < -0.3 is 15.1 Å². The predicted molar refractivity (Wildman–Crippen MR) is 133 cm³/mol.